The maximum Gasteiger partial charge on any atom is 0.185 e. The van der Waals surface area contributed by atoms with E-state index < -0.39 is 0 Å². The van der Waals surface area contributed by atoms with E-state index in [2.05, 4.69) is 27.0 Å². The standard InChI is InChI=1S/C17H11ClN4O/c18-13-4-3-11-9-21-6-1-2-14(21)17-20-19-16(12-5-7-23-10-12)22(17)15(11)8-13/h1-8,10H,9H2. The maximum absolute atomic E-state index is 6.25. The van der Waals surface area contributed by atoms with Gasteiger partial charge < -0.3 is 8.98 Å². The van der Waals surface area contributed by atoms with Gasteiger partial charge in [-0.2, -0.15) is 0 Å². The van der Waals surface area contributed by atoms with E-state index in [1.165, 1.54) is 0 Å². The van der Waals surface area contributed by atoms with Gasteiger partial charge >= 0.3 is 0 Å². The SMILES string of the molecule is Clc1ccc2c(c1)-n1c(-c3ccoc3)nnc1-c1cccn1C2. The van der Waals surface area contributed by atoms with E-state index in [9.17, 15) is 0 Å². The van der Waals surface area contributed by atoms with Crippen LogP contribution in [0, 0.1) is 0 Å². The first kappa shape index (κ1) is 12.7. The van der Waals surface area contributed by atoms with Gasteiger partial charge in [0.25, 0.3) is 0 Å². The number of aromatic nitrogens is 4. The molecule has 5 rings (SSSR count). The average molecular weight is 323 g/mol. The molecule has 0 spiro atoms. The zero-order chi connectivity index (χ0) is 15.4. The van der Waals surface area contributed by atoms with Crippen molar-refractivity contribution < 1.29 is 4.42 Å². The smallest absolute Gasteiger partial charge is 0.185 e. The molecule has 5 nitrogen and oxygen atoms in total. The molecule has 112 valence electrons. The molecular formula is C17H11ClN4O. The summed E-state index contributed by atoms with van der Waals surface area (Å²) in [6.07, 6.45) is 5.36. The van der Waals surface area contributed by atoms with Gasteiger partial charge in [0.15, 0.2) is 11.6 Å². The maximum atomic E-state index is 6.25. The Labute approximate surface area is 136 Å². The minimum Gasteiger partial charge on any atom is -0.472 e. The molecule has 6 heteroatoms. The molecule has 0 saturated heterocycles. The van der Waals surface area contributed by atoms with Crippen molar-refractivity contribution in [3.05, 3.63) is 65.7 Å². The van der Waals surface area contributed by atoms with Crippen molar-refractivity contribution in [2.24, 2.45) is 0 Å². The Morgan fingerprint density at radius 3 is 2.87 bits per heavy atom. The van der Waals surface area contributed by atoms with Crippen LogP contribution < -0.4 is 0 Å². The Bertz CT molecular complexity index is 1010. The van der Waals surface area contributed by atoms with Crippen molar-refractivity contribution in [1.82, 2.24) is 19.3 Å². The van der Waals surface area contributed by atoms with Crippen LogP contribution in [0.5, 0.6) is 0 Å². The van der Waals surface area contributed by atoms with Crippen LogP contribution in [0.3, 0.4) is 0 Å². The fourth-order valence-electron chi connectivity index (χ4n) is 3.07. The van der Waals surface area contributed by atoms with Crippen LogP contribution >= 0.6 is 11.6 Å². The number of halogens is 1. The lowest BCUT2D eigenvalue weighted by molar-refractivity contribution is 0.568. The molecule has 3 aromatic heterocycles. The van der Waals surface area contributed by atoms with Gasteiger partial charge in [-0.05, 0) is 35.9 Å². The van der Waals surface area contributed by atoms with Crippen molar-refractivity contribution in [2.45, 2.75) is 6.54 Å². The van der Waals surface area contributed by atoms with Crippen LogP contribution in [-0.4, -0.2) is 19.3 Å². The summed E-state index contributed by atoms with van der Waals surface area (Å²) in [5, 5.41) is 9.50. The molecule has 0 aliphatic carbocycles. The molecule has 4 heterocycles. The highest BCUT2D eigenvalue weighted by molar-refractivity contribution is 6.30. The third-order valence-corrected chi connectivity index (χ3v) is 4.37. The van der Waals surface area contributed by atoms with Crippen LogP contribution in [-0.2, 0) is 6.54 Å². The van der Waals surface area contributed by atoms with Gasteiger partial charge in [-0.3, -0.25) is 4.57 Å². The zero-order valence-electron chi connectivity index (χ0n) is 12.0. The molecule has 0 unspecified atom stereocenters. The van der Waals surface area contributed by atoms with E-state index in [0.717, 1.165) is 40.7 Å². The van der Waals surface area contributed by atoms with Crippen LogP contribution in [0.15, 0.2) is 59.5 Å². The van der Waals surface area contributed by atoms with E-state index in [1.54, 1.807) is 12.5 Å². The second-order valence-corrected chi connectivity index (χ2v) is 5.93. The topological polar surface area (TPSA) is 48.8 Å². The quantitative estimate of drug-likeness (QED) is 0.468. The monoisotopic (exact) mass is 322 g/mol. The minimum atomic E-state index is 0.688. The summed E-state index contributed by atoms with van der Waals surface area (Å²) in [6, 6.07) is 11.9. The first-order valence-corrected chi connectivity index (χ1v) is 7.61. The number of benzene rings is 1. The molecule has 0 fully saturated rings. The van der Waals surface area contributed by atoms with Gasteiger partial charge in [0.1, 0.15) is 6.26 Å². The number of nitrogens with zero attached hydrogens (tertiary/aromatic N) is 4. The van der Waals surface area contributed by atoms with Crippen molar-refractivity contribution >= 4 is 11.6 Å². The predicted molar refractivity (Wildman–Crippen MR) is 86.6 cm³/mol. The van der Waals surface area contributed by atoms with Crippen LogP contribution in [0.25, 0.3) is 28.6 Å². The summed E-state index contributed by atoms with van der Waals surface area (Å²) >= 11 is 6.25. The highest BCUT2D eigenvalue weighted by Crippen LogP contribution is 2.34. The highest BCUT2D eigenvalue weighted by Gasteiger charge is 2.24. The molecule has 0 atom stereocenters. The van der Waals surface area contributed by atoms with Crippen LogP contribution in [0.1, 0.15) is 5.56 Å². The lowest BCUT2D eigenvalue weighted by Crippen LogP contribution is -2.01. The molecule has 1 aliphatic heterocycles. The number of hydrogen-bond donors (Lipinski definition) is 0. The lowest BCUT2D eigenvalue weighted by Gasteiger charge is -2.11. The summed E-state index contributed by atoms with van der Waals surface area (Å²) < 4.78 is 9.43. The van der Waals surface area contributed by atoms with Gasteiger partial charge in [-0.15, -0.1) is 10.2 Å². The van der Waals surface area contributed by atoms with Gasteiger partial charge in [0.05, 0.1) is 23.2 Å². The summed E-state index contributed by atoms with van der Waals surface area (Å²) in [7, 11) is 0. The van der Waals surface area contributed by atoms with Gasteiger partial charge in [-0.1, -0.05) is 17.7 Å². The molecule has 0 saturated carbocycles. The Kier molecular flexibility index (Phi) is 2.55. The molecule has 0 bridgehead atoms. The Balaban J connectivity index is 1.90. The van der Waals surface area contributed by atoms with E-state index in [1.807, 2.05) is 34.9 Å². The lowest BCUT2D eigenvalue weighted by atomic mass is 10.1. The Morgan fingerprint density at radius 1 is 1.09 bits per heavy atom. The molecule has 4 aromatic rings. The molecule has 23 heavy (non-hydrogen) atoms. The number of fused-ring (bicyclic) bond motifs is 5. The molecular weight excluding hydrogens is 312 g/mol. The molecule has 0 amide bonds. The van der Waals surface area contributed by atoms with Crippen molar-refractivity contribution in [1.29, 1.82) is 0 Å². The fourth-order valence-corrected chi connectivity index (χ4v) is 3.24. The molecule has 0 radical (unpaired) electrons. The first-order chi connectivity index (χ1) is 11.3. The molecule has 0 N–H and O–H groups in total. The predicted octanol–water partition coefficient (Wildman–Crippen LogP) is 4.01. The van der Waals surface area contributed by atoms with Crippen LogP contribution in [0.2, 0.25) is 5.02 Å². The largest absolute Gasteiger partial charge is 0.472 e. The van der Waals surface area contributed by atoms with E-state index in [4.69, 9.17) is 16.0 Å². The Hall–Kier alpha value is -2.79. The summed E-state index contributed by atoms with van der Waals surface area (Å²) in [6.45, 7) is 0.767. The van der Waals surface area contributed by atoms with Gasteiger partial charge in [-0.25, -0.2) is 0 Å². The summed E-state index contributed by atoms with van der Waals surface area (Å²) in [4.78, 5) is 0. The molecule has 1 aliphatic rings. The van der Waals surface area contributed by atoms with Crippen molar-refractivity contribution in [3.8, 4) is 28.6 Å². The second-order valence-electron chi connectivity index (χ2n) is 5.49. The third kappa shape index (κ3) is 1.80. The first-order valence-electron chi connectivity index (χ1n) is 7.23. The number of furan rings is 1. The second kappa shape index (κ2) is 4.60. The summed E-state index contributed by atoms with van der Waals surface area (Å²) in [5.41, 5.74) is 4.07. The number of hydrogen-bond acceptors (Lipinski definition) is 3. The minimum absolute atomic E-state index is 0.688. The molecule has 1 aromatic carbocycles. The van der Waals surface area contributed by atoms with Crippen molar-refractivity contribution in [3.63, 3.8) is 0 Å². The Morgan fingerprint density at radius 2 is 2.00 bits per heavy atom. The average Bonchev–Trinajstić information content (AvgIpc) is 3.26. The van der Waals surface area contributed by atoms with E-state index in [0.29, 0.717) is 5.02 Å². The fraction of sp³-hybridized carbons (Fsp3) is 0.0588. The van der Waals surface area contributed by atoms with Crippen LogP contribution in [0.4, 0.5) is 0 Å². The van der Waals surface area contributed by atoms with E-state index >= 15 is 0 Å². The normalized spacial score (nSPS) is 12.4. The highest BCUT2D eigenvalue weighted by atomic mass is 35.5. The van der Waals surface area contributed by atoms with E-state index in [-0.39, 0.29) is 0 Å². The van der Waals surface area contributed by atoms with Crippen molar-refractivity contribution in [2.75, 3.05) is 0 Å². The zero-order valence-corrected chi connectivity index (χ0v) is 12.7. The van der Waals surface area contributed by atoms with Gasteiger partial charge in [0, 0.05) is 17.8 Å². The summed E-state index contributed by atoms with van der Waals surface area (Å²) in [5.74, 6) is 1.54. The van der Waals surface area contributed by atoms with Gasteiger partial charge in [0.2, 0.25) is 0 Å². The third-order valence-electron chi connectivity index (χ3n) is 4.13. The number of rotatable bonds is 1.